The van der Waals surface area contributed by atoms with Crippen LogP contribution < -0.4 is 5.73 Å². The summed E-state index contributed by atoms with van der Waals surface area (Å²) in [6.07, 6.45) is 9.24. The van der Waals surface area contributed by atoms with Gasteiger partial charge in [-0.25, -0.2) is 0 Å². The van der Waals surface area contributed by atoms with Gasteiger partial charge in [-0.05, 0) is 34.5 Å². The number of hydrogen-bond donors (Lipinski definition) is 1. The van der Waals surface area contributed by atoms with E-state index in [1.54, 1.807) is 0 Å². The van der Waals surface area contributed by atoms with E-state index in [0.29, 0.717) is 6.04 Å². The molecule has 0 fully saturated rings. The molecule has 1 aromatic carbocycles. The molecular formula is C16H26BrNS. The summed E-state index contributed by atoms with van der Waals surface area (Å²) >= 11 is 5.43. The molecule has 0 bridgehead atoms. The highest BCUT2D eigenvalue weighted by molar-refractivity contribution is 9.10. The van der Waals surface area contributed by atoms with Crippen LogP contribution in [0, 0.1) is 0 Å². The third kappa shape index (κ3) is 8.01. The van der Waals surface area contributed by atoms with Crippen LogP contribution in [0.25, 0.3) is 0 Å². The van der Waals surface area contributed by atoms with Gasteiger partial charge in [0.15, 0.2) is 0 Å². The molecule has 1 nitrogen and oxygen atoms in total. The Hall–Kier alpha value is 0.01000. The Morgan fingerprint density at radius 3 is 2.53 bits per heavy atom. The van der Waals surface area contributed by atoms with Crippen molar-refractivity contribution in [1.82, 2.24) is 0 Å². The number of rotatable bonds is 10. The topological polar surface area (TPSA) is 26.0 Å². The van der Waals surface area contributed by atoms with Crippen LogP contribution in [0.5, 0.6) is 0 Å². The molecule has 0 aliphatic heterocycles. The van der Waals surface area contributed by atoms with Crippen molar-refractivity contribution >= 4 is 27.7 Å². The van der Waals surface area contributed by atoms with E-state index in [1.165, 1.54) is 47.9 Å². The first kappa shape index (κ1) is 17.1. The SMILES string of the molecule is CCCCCCCCC(N)CSc1ccccc1Br. The van der Waals surface area contributed by atoms with E-state index in [-0.39, 0.29) is 0 Å². The molecule has 0 spiro atoms. The normalized spacial score (nSPS) is 12.6. The average Bonchev–Trinajstić information content (AvgIpc) is 2.42. The van der Waals surface area contributed by atoms with Gasteiger partial charge in [0.1, 0.15) is 0 Å². The first-order valence-electron chi connectivity index (χ1n) is 7.37. The van der Waals surface area contributed by atoms with Crippen LogP contribution in [-0.2, 0) is 0 Å². The minimum absolute atomic E-state index is 0.322. The highest BCUT2D eigenvalue weighted by Gasteiger charge is 2.05. The zero-order chi connectivity index (χ0) is 13.9. The van der Waals surface area contributed by atoms with Crippen molar-refractivity contribution in [3.05, 3.63) is 28.7 Å². The van der Waals surface area contributed by atoms with Gasteiger partial charge in [0.2, 0.25) is 0 Å². The van der Waals surface area contributed by atoms with E-state index in [2.05, 4.69) is 41.1 Å². The maximum Gasteiger partial charge on any atom is 0.0311 e. The van der Waals surface area contributed by atoms with Gasteiger partial charge >= 0.3 is 0 Å². The summed E-state index contributed by atoms with van der Waals surface area (Å²) in [5.41, 5.74) is 6.18. The van der Waals surface area contributed by atoms with Gasteiger partial charge in [0.25, 0.3) is 0 Å². The van der Waals surface area contributed by atoms with Crippen LogP contribution in [0.3, 0.4) is 0 Å². The molecule has 0 radical (unpaired) electrons. The molecule has 0 aromatic heterocycles. The third-order valence-electron chi connectivity index (χ3n) is 3.22. The minimum atomic E-state index is 0.322. The summed E-state index contributed by atoms with van der Waals surface area (Å²) in [7, 11) is 0. The summed E-state index contributed by atoms with van der Waals surface area (Å²) in [5.74, 6) is 1.01. The lowest BCUT2D eigenvalue weighted by atomic mass is 10.1. The molecule has 1 aromatic rings. The summed E-state index contributed by atoms with van der Waals surface area (Å²) in [5, 5.41) is 0. The van der Waals surface area contributed by atoms with Crippen LogP contribution in [0.1, 0.15) is 51.9 Å². The zero-order valence-corrected chi connectivity index (χ0v) is 14.3. The molecule has 1 rings (SSSR count). The lowest BCUT2D eigenvalue weighted by Crippen LogP contribution is -2.22. The Balaban J connectivity index is 2.08. The summed E-state index contributed by atoms with van der Waals surface area (Å²) in [6.45, 7) is 2.26. The standard InChI is InChI=1S/C16H26BrNS/c1-2-3-4-5-6-7-10-14(18)13-19-16-12-9-8-11-15(16)17/h8-9,11-12,14H,2-7,10,13,18H2,1H3. The molecule has 0 aliphatic carbocycles. The van der Waals surface area contributed by atoms with Gasteiger partial charge in [0, 0.05) is 21.2 Å². The smallest absolute Gasteiger partial charge is 0.0311 e. The molecule has 1 unspecified atom stereocenters. The maximum absolute atomic E-state index is 6.18. The fourth-order valence-electron chi connectivity index (χ4n) is 2.03. The number of unbranched alkanes of at least 4 members (excludes halogenated alkanes) is 5. The molecule has 0 aliphatic rings. The maximum atomic E-state index is 6.18. The highest BCUT2D eigenvalue weighted by Crippen LogP contribution is 2.27. The van der Waals surface area contributed by atoms with E-state index in [4.69, 9.17) is 5.73 Å². The first-order valence-corrected chi connectivity index (χ1v) is 9.14. The largest absolute Gasteiger partial charge is 0.327 e. The van der Waals surface area contributed by atoms with Gasteiger partial charge in [-0.3, -0.25) is 0 Å². The number of halogens is 1. The van der Waals surface area contributed by atoms with Crippen molar-refractivity contribution in [3.8, 4) is 0 Å². The number of hydrogen-bond acceptors (Lipinski definition) is 2. The van der Waals surface area contributed by atoms with Crippen molar-refractivity contribution in [1.29, 1.82) is 0 Å². The number of nitrogens with two attached hydrogens (primary N) is 1. The van der Waals surface area contributed by atoms with Crippen molar-refractivity contribution < 1.29 is 0 Å². The molecule has 0 saturated carbocycles. The average molecular weight is 344 g/mol. The van der Waals surface area contributed by atoms with Crippen LogP contribution in [0.4, 0.5) is 0 Å². The van der Waals surface area contributed by atoms with E-state index in [1.807, 2.05) is 17.8 Å². The van der Waals surface area contributed by atoms with Crippen LogP contribution in [0.15, 0.2) is 33.6 Å². The fraction of sp³-hybridized carbons (Fsp3) is 0.625. The second-order valence-electron chi connectivity index (χ2n) is 5.06. The Morgan fingerprint density at radius 2 is 1.79 bits per heavy atom. The molecule has 1 atom stereocenters. The van der Waals surface area contributed by atoms with E-state index >= 15 is 0 Å². The van der Waals surface area contributed by atoms with E-state index in [0.717, 1.165) is 12.2 Å². The molecule has 2 N–H and O–H groups in total. The fourth-order valence-corrected chi connectivity index (χ4v) is 3.60. The second kappa shape index (κ2) is 10.8. The monoisotopic (exact) mass is 343 g/mol. The molecular weight excluding hydrogens is 318 g/mol. The number of thioether (sulfide) groups is 1. The summed E-state index contributed by atoms with van der Waals surface area (Å²) < 4.78 is 1.17. The van der Waals surface area contributed by atoms with Gasteiger partial charge < -0.3 is 5.73 Å². The van der Waals surface area contributed by atoms with E-state index < -0.39 is 0 Å². The van der Waals surface area contributed by atoms with Gasteiger partial charge in [-0.1, -0.05) is 57.6 Å². The molecule has 3 heteroatoms. The second-order valence-corrected chi connectivity index (χ2v) is 6.97. The van der Waals surface area contributed by atoms with Crippen LogP contribution in [-0.4, -0.2) is 11.8 Å². The Bertz CT molecular complexity index is 343. The Morgan fingerprint density at radius 1 is 1.11 bits per heavy atom. The highest BCUT2D eigenvalue weighted by atomic mass is 79.9. The molecule has 19 heavy (non-hydrogen) atoms. The third-order valence-corrected chi connectivity index (χ3v) is 5.43. The van der Waals surface area contributed by atoms with Gasteiger partial charge in [0.05, 0.1) is 0 Å². The van der Waals surface area contributed by atoms with Crippen LogP contribution >= 0.6 is 27.7 Å². The summed E-state index contributed by atoms with van der Waals surface area (Å²) in [4.78, 5) is 1.29. The minimum Gasteiger partial charge on any atom is -0.327 e. The molecule has 0 heterocycles. The van der Waals surface area contributed by atoms with Crippen molar-refractivity contribution in [2.45, 2.75) is 62.8 Å². The molecule has 0 saturated heterocycles. The Labute approximate surface area is 130 Å². The lowest BCUT2D eigenvalue weighted by molar-refractivity contribution is 0.557. The van der Waals surface area contributed by atoms with Gasteiger partial charge in [-0.15, -0.1) is 11.8 Å². The lowest BCUT2D eigenvalue weighted by Gasteiger charge is -2.11. The first-order chi connectivity index (χ1) is 9.24. The zero-order valence-electron chi connectivity index (χ0n) is 11.9. The van der Waals surface area contributed by atoms with Gasteiger partial charge in [-0.2, -0.15) is 0 Å². The Kier molecular flexibility index (Phi) is 9.66. The predicted molar refractivity (Wildman–Crippen MR) is 90.8 cm³/mol. The quantitative estimate of drug-likeness (QED) is 0.440. The molecule has 0 amide bonds. The van der Waals surface area contributed by atoms with Crippen molar-refractivity contribution in [2.75, 3.05) is 5.75 Å². The van der Waals surface area contributed by atoms with E-state index in [9.17, 15) is 0 Å². The predicted octanol–water partition coefficient (Wildman–Crippen LogP) is 5.62. The van der Waals surface area contributed by atoms with Crippen molar-refractivity contribution in [3.63, 3.8) is 0 Å². The number of benzene rings is 1. The molecule has 108 valence electrons. The van der Waals surface area contributed by atoms with Crippen molar-refractivity contribution in [2.24, 2.45) is 5.73 Å². The summed E-state index contributed by atoms with van der Waals surface area (Å²) in [6, 6.07) is 8.67. The van der Waals surface area contributed by atoms with Crippen LogP contribution in [0.2, 0.25) is 0 Å².